The van der Waals surface area contributed by atoms with Crippen LogP contribution in [-0.4, -0.2) is 50.3 Å². The van der Waals surface area contributed by atoms with Crippen LogP contribution >= 0.6 is 0 Å². The largest absolute Gasteiger partial charge is 0.399 e. The van der Waals surface area contributed by atoms with Gasteiger partial charge in [0.1, 0.15) is 0 Å². The lowest BCUT2D eigenvalue weighted by Gasteiger charge is -2.32. The molecule has 1 fully saturated rings. The molecular weight excluding hydrogens is 244 g/mol. The Hall–Kier alpha value is -1.59. The van der Waals surface area contributed by atoms with E-state index in [1.807, 2.05) is 29.2 Å². The highest BCUT2D eigenvalue weighted by molar-refractivity contribution is 5.79. The molecule has 2 N–H and O–H groups in total. The smallest absolute Gasteiger partial charge is 0.227 e. The van der Waals surface area contributed by atoms with Crippen molar-refractivity contribution >= 4 is 11.6 Å². The van der Waals surface area contributed by atoms with Crippen LogP contribution in [0.3, 0.4) is 0 Å². The number of carbonyl (C=O) groups excluding carboxylic acids is 1. The molecule has 1 aromatic rings. The predicted octanol–water partition coefficient (Wildman–Crippen LogP) is 0.685. The van der Waals surface area contributed by atoms with Crippen molar-refractivity contribution in [3.63, 3.8) is 0 Å². The Bertz CT molecular complexity index is 417. The molecule has 0 aromatic heterocycles. The number of amides is 1. The summed E-state index contributed by atoms with van der Waals surface area (Å²) in [6.07, 6.45) is 0.383. The molecule has 0 bridgehead atoms. The number of nitrogen functional groups attached to an aromatic ring is 1. The molecule has 1 aliphatic heterocycles. The maximum atomic E-state index is 12.2. The van der Waals surface area contributed by atoms with Crippen molar-refractivity contribution in [3.05, 3.63) is 29.8 Å². The third-order valence-electron chi connectivity index (χ3n) is 3.18. The molecule has 5 heteroatoms. The van der Waals surface area contributed by atoms with Crippen LogP contribution in [-0.2, 0) is 20.7 Å². The molecule has 0 radical (unpaired) electrons. The van der Waals surface area contributed by atoms with E-state index < -0.39 is 0 Å². The fraction of sp³-hybridized carbons (Fsp3) is 0.500. The van der Waals surface area contributed by atoms with Crippen molar-refractivity contribution < 1.29 is 14.3 Å². The molecule has 1 unspecified atom stereocenters. The zero-order valence-corrected chi connectivity index (χ0v) is 11.2. The normalized spacial score (nSPS) is 19.4. The molecule has 0 saturated carbocycles. The number of hydrogen-bond donors (Lipinski definition) is 1. The summed E-state index contributed by atoms with van der Waals surface area (Å²) in [4.78, 5) is 14.0. The summed E-state index contributed by atoms with van der Waals surface area (Å²) in [5.41, 5.74) is 7.32. The number of benzene rings is 1. The molecule has 5 nitrogen and oxygen atoms in total. The summed E-state index contributed by atoms with van der Waals surface area (Å²) >= 11 is 0. The molecule has 1 amide bonds. The average Bonchev–Trinajstić information content (AvgIpc) is 2.42. The summed E-state index contributed by atoms with van der Waals surface area (Å²) in [5, 5.41) is 0. The molecule has 104 valence electrons. The van der Waals surface area contributed by atoms with E-state index in [1.54, 1.807) is 7.11 Å². The molecule has 0 spiro atoms. The van der Waals surface area contributed by atoms with Gasteiger partial charge < -0.3 is 20.1 Å². The number of hydrogen-bond acceptors (Lipinski definition) is 4. The van der Waals surface area contributed by atoms with E-state index >= 15 is 0 Å². The number of anilines is 1. The Morgan fingerprint density at radius 1 is 1.47 bits per heavy atom. The van der Waals surface area contributed by atoms with Crippen molar-refractivity contribution in [2.75, 3.05) is 39.1 Å². The van der Waals surface area contributed by atoms with Crippen molar-refractivity contribution in [2.45, 2.75) is 12.5 Å². The third kappa shape index (κ3) is 3.94. The first kappa shape index (κ1) is 13.8. The average molecular weight is 264 g/mol. The Morgan fingerprint density at radius 2 is 2.21 bits per heavy atom. The van der Waals surface area contributed by atoms with Crippen molar-refractivity contribution in [1.82, 2.24) is 4.90 Å². The lowest BCUT2D eigenvalue weighted by Crippen LogP contribution is -2.47. The van der Waals surface area contributed by atoms with Gasteiger partial charge in [-0.05, 0) is 17.7 Å². The second-order valence-electron chi connectivity index (χ2n) is 4.71. The first-order valence-electron chi connectivity index (χ1n) is 6.42. The van der Waals surface area contributed by atoms with Crippen LogP contribution in [0.1, 0.15) is 5.56 Å². The Balaban J connectivity index is 1.90. The van der Waals surface area contributed by atoms with Gasteiger partial charge in [-0.15, -0.1) is 0 Å². The molecule has 1 aliphatic rings. The SMILES string of the molecule is COCC1CN(C(=O)Cc2ccc(N)cc2)CCO1. The fourth-order valence-corrected chi connectivity index (χ4v) is 2.15. The minimum Gasteiger partial charge on any atom is -0.399 e. The minimum absolute atomic E-state index is 0.0193. The Morgan fingerprint density at radius 3 is 2.89 bits per heavy atom. The lowest BCUT2D eigenvalue weighted by molar-refractivity contribution is -0.140. The van der Waals surface area contributed by atoms with Gasteiger partial charge in [0, 0.05) is 25.9 Å². The van der Waals surface area contributed by atoms with Crippen molar-refractivity contribution in [2.24, 2.45) is 0 Å². The number of carbonyl (C=O) groups is 1. The summed E-state index contributed by atoms with van der Waals surface area (Å²) < 4.78 is 10.6. The molecular formula is C14H20N2O3. The van der Waals surface area contributed by atoms with E-state index in [4.69, 9.17) is 15.2 Å². The highest BCUT2D eigenvalue weighted by Gasteiger charge is 2.23. The summed E-state index contributed by atoms with van der Waals surface area (Å²) in [6.45, 7) is 2.34. The lowest BCUT2D eigenvalue weighted by atomic mass is 10.1. The maximum absolute atomic E-state index is 12.2. The van der Waals surface area contributed by atoms with Crippen molar-refractivity contribution in [3.8, 4) is 0 Å². The topological polar surface area (TPSA) is 64.8 Å². The van der Waals surface area contributed by atoms with Crippen molar-refractivity contribution in [1.29, 1.82) is 0 Å². The second kappa shape index (κ2) is 6.54. The third-order valence-corrected chi connectivity index (χ3v) is 3.18. The molecule has 19 heavy (non-hydrogen) atoms. The van der Waals surface area contributed by atoms with Gasteiger partial charge in [0.2, 0.25) is 5.91 Å². The Kier molecular flexibility index (Phi) is 4.76. The summed E-state index contributed by atoms with van der Waals surface area (Å²) in [5.74, 6) is 0.120. The number of rotatable bonds is 4. The second-order valence-corrected chi connectivity index (χ2v) is 4.71. The highest BCUT2D eigenvalue weighted by Crippen LogP contribution is 2.11. The van der Waals surface area contributed by atoms with Crippen LogP contribution in [0.25, 0.3) is 0 Å². The van der Waals surface area contributed by atoms with Gasteiger partial charge in [-0.1, -0.05) is 12.1 Å². The summed E-state index contributed by atoms with van der Waals surface area (Å²) in [6, 6.07) is 7.41. The van der Waals surface area contributed by atoms with Crippen LogP contribution < -0.4 is 5.73 Å². The van der Waals surface area contributed by atoms with Gasteiger partial charge >= 0.3 is 0 Å². The van der Waals surface area contributed by atoms with Crippen LogP contribution in [0.15, 0.2) is 24.3 Å². The molecule has 1 saturated heterocycles. The zero-order chi connectivity index (χ0) is 13.7. The maximum Gasteiger partial charge on any atom is 0.227 e. The molecule has 1 heterocycles. The van der Waals surface area contributed by atoms with Gasteiger partial charge in [0.05, 0.1) is 25.7 Å². The standard InChI is InChI=1S/C14H20N2O3/c1-18-10-13-9-16(6-7-19-13)14(17)8-11-2-4-12(15)5-3-11/h2-5,13H,6-10,15H2,1H3. The Labute approximate surface area is 113 Å². The first-order chi connectivity index (χ1) is 9.19. The molecule has 0 aliphatic carbocycles. The molecule has 2 rings (SSSR count). The number of methoxy groups -OCH3 is 1. The van der Waals surface area contributed by atoms with Crippen LogP contribution in [0.5, 0.6) is 0 Å². The zero-order valence-electron chi connectivity index (χ0n) is 11.2. The number of morpholine rings is 1. The van der Waals surface area contributed by atoms with E-state index in [0.717, 1.165) is 5.56 Å². The quantitative estimate of drug-likeness (QED) is 0.812. The summed E-state index contributed by atoms with van der Waals surface area (Å²) in [7, 11) is 1.64. The fourth-order valence-electron chi connectivity index (χ4n) is 2.15. The van der Waals surface area contributed by atoms with Gasteiger partial charge in [-0.25, -0.2) is 0 Å². The van der Waals surface area contributed by atoms with Crippen LogP contribution in [0.2, 0.25) is 0 Å². The van der Waals surface area contributed by atoms with E-state index in [2.05, 4.69) is 0 Å². The van der Waals surface area contributed by atoms with E-state index in [1.165, 1.54) is 0 Å². The van der Waals surface area contributed by atoms with Gasteiger partial charge in [-0.2, -0.15) is 0 Å². The van der Waals surface area contributed by atoms with Gasteiger partial charge in [0.25, 0.3) is 0 Å². The van der Waals surface area contributed by atoms with E-state index in [9.17, 15) is 4.79 Å². The monoisotopic (exact) mass is 264 g/mol. The molecule has 1 atom stereocenters. The van der Waals surface area contributed by atoms with Gasteiger partial charge in [0.15, 0.2) is 0 Å². The molecule has 1 aromatic carbocycles. The predicted molar refractivity (Wildman–Crippen MR) is 72.8 cm³/mol. The van der Waals surface area contributed by atoms with Crippen LogP contribution in [0.4, 0.5) is 5.69 Å². The van der Waals surface area contributed by atoms with Crippen LogP contribution in [0, 0.1) is 0 Å². The number of ether oxygens (including phenoxy) is 2. The van der Waals surface area contributed by atoms with Gasteiger partial charge in [-0.3, -0.25) is 4.79 Å². The first-order valence-corrected chi connectivity index (χ1v) is 6.42. The highest BCUT2D eigenvalue weighted by atomic mass is 16.5. The number of nitrogens with two attached hydrogens (primary N) is 1. The van der Waals surface area contributed by atoms with E-state index in [0.29, 0.717) is 38.4 Å². The minimum atomic E-state index is -0.0193. The van der Waals surface area contributed by atoms with E-state index in [-0.39, 0.29) is 12.0 Å². The number of nitrogens with zero attached hydrogens (tertiary/aromatic N) is 1.